The number of nitro groups is 1. The average Bonchev–Trinajstić information content (AvgIpc) is 2.73. The largest absolute Gasteiger partial charge is 0.459 e. The predicted octanol–water partition coefficient (Wildman–Crippen LogP) is 4.44. The molecule has 7 heteroatoms. The van der Waals surface area contributed by atoms with E-state index in [1.165, 1.54) is 12.1 Å². The fourth-order valence-electron chi connectivity index (χ4n) is 4.80. The van der Waals surface area contributed by atoms with Crippen molar-refractivity contribution in [3.05, 3.63) is 62.5 Å². The number of Topliss-reactive ketones (excluding diaryl/α,β-unsaturated/α-hetero) is 1. The van der Waals surface area contributed by atoms with Crippen molar-refractivity contribution in [3.63, 3.8) is 0 Å². The van der Waals surface area contributed by atoms with E-state index in [9.17, 15) is 19.7 Å². The van der Waals surface area contributed by atoms with Gasteiger partial charge < -0.3 is 10.1 Å². The normalized spacial score (nSPS) is 22.4. The molecule has 1 N–H and O–H groups in total. The van der Waals surface area contributed by atoms with E-state index in [0.717, 1.165) is 50.6 Å². The van der Waals surface area contributed by atoms with Gasteiger partial charge in [0, 0.05) is 41.4 Å². The number of carbonyl (C=O) groups is 2. The van der Waals surface area contributed by atoms with Crippen LogP contribution in [-0.2, 0) is 14.3 Å². The van der Waals surface area contributed by atoms with Crippen LogP contribution in [0.25, 0.3) is 0 Å². The quantitative estimate of drug-likeness (QED) is 0.448. The summed E-state index contributed by atoms with van der Waals surface area (Å²) in [6, 6.07) is 6.22. The van der Waals surface area contributed by atoms with Crippen LogP contribution in [0.15, 0.2) is 46.8 Å². The van der Waals surface area contributed by atoms with Gasteiger partial charge in [0.05, 0.1) is 10.5 Å². The van der Waals surface area contributed by atoms with Crippen LogP contribution in [0.5, 0.6) is 0 Å². The summed E-state index contributed by atoms with van der Waals surface area (Å²) in [6.45, 7) is 1.81. The van der Waals surface area contributed by atoms with Crippen molar-refractivity contribution < 1.29 is 19.2 Å². The summed E-state index contributed by atoms with van der Waals surface area (Å²) < 4.78 is 5.84. The van der Waals surface area contributed by atoms with Gasteiger partial charge in [0.1, 0.15) is 6.10 Å². The Morgan fingerprint density at radius 1 is 1.17 bits per heavy atom. The molecule has 7 nitrogen and oxygen atoms in total. The first kappa shape index (κ1) is 20.3. The summed E-state index contributed by atoms with van der Waals surface area (Å²) >= 11 is 0. The van der Waals surface area contributed by atoms with Gasteiger partial charge >= 0.3 is 5.97 Å². The number of benzene rings is 1. The lowest BCUT2D eigenvalue weighted by Gasteiger charge is -2.34. The molecular formula is C23H26N2O5. The lowest BCUT2D eigenvalue weighted by atomic mass is 9.75. The molecule has 0 amide bonds. The van der Waals surface area contributed by atoms with Crippen molar-refractivity contribution in [3.8, 4) is 0 Å². The molecule has 1 heterocycles. The molecule has 1 saturated carbocycles. The number of nitrogens with zero attached hydrogens (tertiary/aromatic N) is 1. The maximum atomic E-state index is 13.3. The number of non-ortho nitro benzene ring substituents is 1. The van der Waals surface area contributed by atoms with Crippen molar-refractivity contribution in [1.82, 2.24) is 5.32 Å². The summed E-state index contributed by atoms with van der Waals surface area (Å²) in [5.74, 6) is -1.10. The topological polar surface area (TPSA) is 98.5 Å². The maximum Gasteiger partial charge on any atom is 0.337 e. The molecule has 0 spiro atoms. The number of ketones is 1. The highest BCUT2D eigenvalue weighted by atomic mass is 16.6. The monoisotopic (exact) mass is 410 g/mol. The van der Waals surface area contributed by atoms with E-state index in [1.54, 1.807) is 12.1 Å². The third kappa shape index (κ3) is 3.88. The van der Waals surface area contributed by atoms with E-state index in [0.29, 0.717) is 28.8 Å². The molecule has 0 radical (unpaired) electrons. The van der Waals surface area contributed by atoms with Crippen LogP contribution in [0.1, 0.15) is 69.8 Å². The number of ether oxygens (including phenoxy) is 1. The second-order valence-corrected chi connectivity index (χ2v) is 8.28. The van der Waals surface area contributed by atoms with E-state index in [4.69, 9.17) is 4.74 Å². The standard InChI is InChI=1S/C23H26N2O5/c1-14-20(23(27)30-17-9-3-2-4-10-17)21(15-7-5-8-16(13-15)25(28)29)22-18(24-14)11-6-12-19(22)26/h5,7-8,13,17,21,24H,2-4,6,9-12H2,1H3/t21-/m1/s1. The summed E-state index contributed by atoms with van der Waals surface area (Å²) in [5, 5.41) is 14.6. The first-order valence-electron chi connectivity index (χ1n) is 10.6. The molecule has 158 valence electrons. The van der Waals surface area contributed by atoms with Gasteiger partial charge in [-0.3, -0.25) is 14.9 Å². The molecule has 4 rings (SSSR count). The molecule has 1 atom stereocenters. The Morgan fingerprint density at radius 2 is 1.93 bits per heavy atom. The van der Waals surface area contributed by atoms with Crippen molar-refractivity contribution in [2.45, 2.75) is 70.3 Å². The minimum atomic E-state index is -0.648. The first-order valence-corrected chi connectivity index (χ1v) is 10.6. The van der Waals surface area contributed by atoms with Crippen LogP contribution >= 0.6 is 0 Å². The van der Waals surface area contributed by atoms with Gasteiger partial charge in [0.25, 0.3) is 5.69 Å². The Hall–Kier alpha value is -2.96. The SMILES string of the molecule is CC1=C(C(=O)OC2CCCCC2)[C@@H](c2cccc([N+](=O)[O-])c2)C2=C(CCCC2=O)N1. The number of hydrogen-bond acceptors (Lipinski definition) is 6. The Bertz CT molecular complexity index is 956. The van der Waals surface area contributed by atoms with Crippen molar-refractivity contribution in [2.75, 3.05) is 0 Å². The molecule has 0 bridgehead atoms. The molecule has 0 saturated heterocycles. The van der Waals surface area contributed by atoms with Crippen LogP contribution in [-0.4, -0.2) is 22.8 Å². The molecule has 30 heavy (non-hydrogen) atoms. The number of dihydropyridines is 1. The zero-order chi connectivity index (χ0) is 21.3. The second kappa shape index (κ2) is 8.42. The van der Waals surface area contributed by atoms with Crippen LogP contribution < -0.4 is 5.32 Å². The fraction of sp³-hybridized carbons (Fsp3) is 0.478. The van der Waals surface area contributed by atoms with Gasteiger partial charge in [-0.1, -0.05) is 18.6 Å². The zero-order valence-electron chi connectivity index (χ0n) is 17.1. The molecule has 1 aliphatic heterocycles. The van der Waals surface area contributed by atoms with E-state index < -0.39 is 16.8 Å². The number of nitro benzene ring substituents is 1. The number of carbonyl (C=O) groups excluding carboxylic acids is 2. The van der Waals surface area contributed by atoms with Gasteiger partial charge in [-0.2, -0.15) is 0 Å². The summed E-state index contributed by atoms with van der Waals surface area (Å²) in [5.41, 5.74) is 2.91. The summed E-state index contributed by atoms with van der Waals surface area (Å²) in [6.07, 6.45) is 6.69. The highest BCUT2D eigenvalue weighted by Gasteiger charge is 2.40. The van der Waals surface area contributed by atoms with Crippen molar-refractivity contribution in [2.24, 2.45) is 0 Å². The van der Waals surface area contributed by atoms with Crippen LogP contribution in [0.3, 0.4) is 0 Å². The zero-order valence-corrected chi connectivity index (χ0v) is 17.1. The van der Waals surface area contributed by atoms with E-state index in [-0.39, 0.29) is 17.6 Å². The van der Waals surface area contributed by atoms with E-state index >= 15 is 0 Å². The first-order chi connectivity index (χ1) is 14.5. The van der Waals surface area contributed by atoms with E-state index in [1.807, 2.05) is 6.92 Å². The van der Waals surface area contributed by atoms with Crippen LogP contribution in [0, 0.1) is 10.1 Å². The predicted molar refractivity (Wildman–Crippen MR) is 111 cm³/mol. The third-order valence-electron chi connectivity index (χ3n) is 6.24. The van der Waals surface area contributed by atoms with Crippen LogP contribution in [0.4, 0.5) is 5.69 Å². The van der Waals surface area contributed by atoms with Gasteiger partial charge in [0.15, 0.2) is 5.78 Å². The second-order valence-electron chi connectivity index (χ2n) is 8.28. The van der Waals surface area contributed by atoms with E-state index in [2.05, 4.69) is 5.32 Å². The molecule has 1 fully saturated rings. The minimum Gasteiger partial charge on any atom is -0.459 e. The van der Waals surface area contributed by atoms with Gasteiger partial charge in [-0.25, -0.2) is 4.79 Å². The molecule has 2 aliphatic carbocycles. The minimum absolute atomic E-state index is 0.0178. The Kier molecular flexibility index (Phi) is 5.70. The molecule has 0 aromatic heterocycles. The fourth-order valence-corrected chi connectivity index (χ4v) is 4.80. The molecule has 1 aromatic carbocycles. The average molecular weight is 410 g/mol. The number of esters is 1. The van der Waals surface area contributed by atoms with Gasteiger partial charge in [-0.05, 0) is 51.0 Å². The molecule has 1 aromatic rings. The summed E-state index contributed by atoms with van der Waals surface area (Å²) in [7, 11) is 0. The smallest absolute Gasteiger partial charge is 0.337 e. The molecule has 3 aliphatic rings. The number of nitrogens with one attached hydrogen (secondary N) is 1. The highest BCUT2D eigenvalue weighted by molar-refractivity contribution is 6.03. The molecular weight excluding hydrogens is 384 g/mol. The number of rotatable bonds is 4. The van der Waals surface area contributed by atoms with Gasteiger partial charge in [-0.15, -0.1) is 0 Å². The van der Waals surface area contributed by atoms with Crippen molar-refractivity contribution >= 4 is 17.4 Å². The third-order valence-corrected chi connectivity index (χ3v) is 6.24. The Morgan fingerprint density at radius 3 is 2.67 bits per heavy atom. The Labute approximate surface area is 175 Å². The van der Waals surface area contributed by atoms with Crippen LogP contribution in [0.2, 0.25) is 0 Å². The van der Waals surface area contributed by atoms with Crippen molar-refractivity contribution in [1.29, 1.82) is 0 Å². The number of allylic oxidation sites excluding steroid dienone is 3. The number of hydrogen-bond donors (Lipinski definition) is 1. The maximum absolute atomic E-state index is 13.3. The Balaban J connectivity index is 1.76. The lowest BCUT2D eigenvalue weighted by molar-refractivity contribution is -0.384. The lowest BCUT2D eigenvalue weighted by Crippen LogP contribution is -2.35. The molecule has 0 unspecified atom stereocenters. The van der Waals surface area contributed by atoms with Gasteiger partial charge in [0.2, 0.25) is 0 Å². The summed E-state index contributed by atoms with van der Waals surface area (Å²) in [4.78, 5) is 37.0. The highest BCUT2D eigenvalue weighted by Crippen LogP contribution is 2.43.